The average molecular weight is 496 g/mol. The number of aromatic nitrogens is 5. The molecular formula is C23H18F2N6O5. The lowest BCUT2D eigenvalue weighted by atomic mass is 9.88. The number of halogens is 2. The number of carbonyl (C=O) groups excluding carboxylic acids is 1. The Kier molecular flexibility index (Phi) is 4.80. The first-order valence-corrected chi connectivity index (χ1v) is 10.9. The molecule has 4 aromatic rings. The van der Waals surface area contributed by atoms with Crippen LogP contribution in [-0.4, -0.2) is 63.4 Å². The molecular weight excluding hydrogens is 478 g/mol. The van der Waals surface area contributed by atoms with Crippen molar-refractivity contribution >= 4 is 11.4 Å². The molecule has 4 heterocycles. The first-order chi connectivity index (χ1) is 17.1. The molecule has 6 rings (SSSR count). The van der Waals surface area contributed by atoms with Crippen LogP contribution >= 0.6 is 0 Å². The van der Waals surface area contributed by atoms with Crippen LogP contribution in [0.25, 0.3) is 16.8 Å². The molecule has 1 aromatic carbocycles. The minimum absolute atomic E-state index is 0.0467. The van der Waals surface area contributed by atoms with E-state index in [1.165, 1.54) is 35.4 Å². The smallest absolute Gasteiger partial charge is 0.387 e. The molecule has 3 N–H and O–H groups in total. The van der Waals surface area contributed by atoms with Gasteiger partial charge in [0.1, 0.15) is 18.4 Å². The summed E-state index contributed by atoms with van der Waals surface area (Å²) in [6.45, 7) is -1.35. The lowest BCUT2D eigenvalue weighted by Gasteiger charge is -2.34. The maximum atomic E-state index is 13.4. The van der Waals surface area contributed by atoms with Crippen LogP contribution < -0.4 is 4.74 Å². The number of aliphatic hydroxyl groups is 3. The molecule has 1 aliphatic heterocycles. The third-order valence-corrected chi connectivity index (χ3v) is 6.62. The number of fused-ring (bicyclic) bond motifs is 9. The SMILES string of the molecule is Cc1ncncc1-c1cc2c3c(nn2cn1)C1CC3c2c(OC(F)F)cccc2C(=O)N1C(O)(O)O. The van der Waals surface area contributed by atoms with Crippen molar-refractivity contribution in [1.82, 2.24) is 29.5 Å². The van der Waals surface area contributed by atoms with Gasteiger partial charge in [-0.05, 0) is 31.5 Å². The highest BCUT2D eigenvalue weighted by atomic mass is 19.3. The van der Waals surface area contributed by atoms with Crippen molar-refractivity contribution in [3.63, 3.8) is 0 Å². The predicted octanol–water partition coefficient (Wildman–Crippen LogP) is 1.72. The number of ether oxygens (including phenoxy) is 1. The van der Waals surface area contributed by atoms with Crippen LogP contribution in [0.3, 0.4) is 0 Å². The van der Waals surface area contributed by atoms with Gasteiger partial charge in [0, 0.05) is 34.4 Å². The molecule has 1 amide bonds. The molecule has 2 bridgehead atoms. The van der Waals surface area contributed by atoms with Gasteiger partial charge in [-0.1, -0.05) is 6.07 Å². The summed E-state index contributed by atoms with van der Waals surface area (Å²) in [5, 5.41) is 34.9. The Morgan fingerprint density at radius 2 is 1.97 bits per heavy atom. The van der Waals surface area contributed by atoms with Crippen molar-refractivity contribution in [2.24, 2.45) is 0 Å². The number of carbonyl (C=O) groups is 1. The van der Waals surface area contributed by atoms with E-state index < -0.39 is 30.6 Å². The lowest BCUT2D eigenvalue weighted by molar-refractivity contribution is -0.385. The third kappa shape index (κ3) is 3.24. The Bertz CT molecular complexity index is 1540. The van der Waals surface area contributed by atoms with Gasteiger partial charge in [-0.3, -0.25) is 9.69 Å². The molecule has 13 heteroatoms. The standard InChI is InChI=1S/C23H18F2N6O5/c1-10-13(7-26-8-27-10)14-6-15-19-12-5-16(20(19)29-30(15)9-28-14)31(23(33,34)35)21(32)11-3-2-4-17(18(11)12)36-22(24)25/h2-4,6-9,12,16,22,33-35H,5H2,1H3. The van der Waals surface area contributed by atoms with E-state index >= 15 is 0 Å². The van der Waals surface area contributed by atoms with Crippen LogP contribution in [-0.2, 0) is 0 Å². The van der Waals surface area contributed by atoms with Gasteiger partial charge in [0.15, 0.2) is 0 Å². The monoisotopic (exact) mass is 496 g/mol. The second-order valence-electron chi connectivity index (χ2n) is 8.60. The number of aryl methyl sites for hydroxylation is 1. The molecule has 1 aliphatic carbocycles. The van der Waals surface area contributed by atoms with E-state index in [0.717, 1.165) is 0 Å². The molecule has 0 radical (unpaired) electrons. The van der Waals surface area contributed by atoms with Gasteiger partial charge in [-0.2, -0.15) is 13.9 Å². The van der Waals surface area contributed by atoms with Crippen molar-refractivity contribution in [3.05, 3.63) is 71.2 Å². The summed E-state index contributed by atoms with van der Waals surface area (Å²) in [6, 6.07) is 4.68. The van der Waals surface area contributed by atoms with Crippen molar-refractivity contribution in [2.45, 2.75) is 38.0 Å². The van der Waals surface area contributed by atoms with Crippen LogP contribution in [0.2, 0.25) is 0 Å². The van der Waals surface area contributed by atoms with Crippen LogP contribution in [0, 0.1) is 6.92 Å². The van der Waals surface area contributed by atoms with E-state index in [1.807, 2.05) is 0 Å². The van der Waals surface area contributed by atoms with E-state index in [4.69, 9.17) is 4.74 Å². The van der Waals surface area contributed by atoms with Gasteiger partial charge in [0.2, 0.25) is 0 Å². The first kappa shape index (κ1) is 22.4. The summed E-state index contributed by atoms with van der Waals surface area (Å²) in [6.07, 6.45) is 0.986. The summed E-state index contributed by atoms with van der Waals surface area (Å²) >= 11 is 0. The molecule has 184 valence electrons. The van der Waals surface area contributed by atoms with E-state index in [9.17, 15) is 28.9 Å². The van der Waals surface area contributed by atoms with Gasteiger partial charge in [0.25, 0.3) is 5.91 Å². The summed E-state index contributed by atoms with van der Waals surface area (Å²) in [5.74, 6) is -1.88. The molecule has 2 unspecified atom stereocenters. The summed E-state index contributed by atoms with van der Waals surface area (Å²) in [4.78, 5) is 26.5. The van der Waals surface area contributed by atoms with E-state index in [-0.39, 0.29) is 29.0 Å². The number of hydrogen-bond donors (Lipinski definition) is 3. The summed E-state index contributed by atoms with van der Waals surface area (Å²) in [7, 11) is 0. The fraction of sp³-hybridized carbons (Fsp3) is 0.261. The van der Waals surface area contributed by atoms with Crippen LogP contribution in [0.5, 0.6) is 5.75 Å². The Hall–Kier alpha value is -4.07. The highest BCUT2D eigenvalue weighted by Crippen LogP contribution is 2.54. The Balaban J connectivity index is 1.64. The van der Waals surface area contributed by atoms with Crippen LogP contribution in [0.1, 0.15) is 51.3 Å². The fourth-order valence-corrected chi connectivity index (χ4v) is 5.23. The zero-order valence-corrected chi connectivity index (χ0v) is 18.6. The van der Waals surface area contributed by atoms with Gasteiger partial charge in [-0.25, -0.2) is 19.5 Å². The Morgan fingerprint density at radius 1 is 1.17 bits per heavy atom. The van der Waals surface area contributed by atoms with Crippen LogP contribution in [0.4, 0.5) is 8.78 Å². The largest absolute Gasteiger partial charge is 0.434 e. The first-order valence-electron chi connectivity index (χ1n) is 10.9. The average Bonchev–Trinajstić information content (AvgIpc) is 3.31. The zero-order chi connectivity index (χ0) is 25.4. The topological polar surface area (TPSA) is 146 Å². The zero-order valence-electron chi connectivity index (χ0n) is 18.6. The van der Waals surface area contributed by atoms with Crippen molar-refractivity contribution in [1.29, 1.82) is 0 Å². The molecule has 0 fully saturated rings. The molecule has 36 heavy (non-hydrogen) atoms. The third-order valence-electron chi connectivity index (χ3n) is 6.62. The number of nitrogens with zero attached hydrogens (tertiary/aromatic N) is 6. The number of rotatable bonds is 4. The minimum Gasteiger partial charge on any atom is -0.434 e. The number of amides is 1. The summed E-state index contributed by atoms with van der Waals surface area (Å²) in [5.41, 5.74) is 3.32. The Morgan fingerprint density at radius 3 is 2.69 bits per heavy atom. The van der Waals surface area contributed by atoms with Gasteiger partial charge in [-0.15, -0.1) is 0 Å². The molecule has 3 aromatic heterocycles. The van der Waals surface area contributed by atoms with Crippen molar-refractivity contribution < 1.29 is 33.6 Å². The second-order valence-corrected chi connectivity index (χ2v) is 8.60. The normalized spacial score (nSPS) is 19.0. The molecule has 2 aliphatic rings. The predicted molar refractivity (Wildman–Crippen MR) is 117 cm³/mol. The summed E-state index contributed by atoms with van der Waals surface area (Å²) < 4.78 is 32.8. The fourth-order valence-electron chi connectivity index (χ4n) is 5.23. The molecule has 2 atom stereocenters. The minimum atomic E-state index is -3.53. The van der Waals surface area contributed by atoms with E-state index in [1.54, 1.807) is 19.2 Å². The maximum Gasteiger partial charge on any atom is 0.387 e. The number of hydrogen-bond acceptors (Lipinski definition) is 9. The number of benzene rings is 1. The maximum absolute atomic E-state index is 13.4. The molecule has 0 spiro atoms. The number of alkyl halides is 2. The molecule has 0 saturated heterocycles. The van der Waals surface area contributed by atoms with Gasteiger partial charge in [0.05, 0.1) is 28.6 Å². The lowest BCUT2D eigenvalue weighted by Crippen LogP contribution is -2.53. The highest BCUT2D eigenvalue weighted by molar-refractivity contribution is 5.98. The second kappa shape index (κ2) is 7.71. The highest BCUT2D eigenvalue weighted by Gasteiger charge is 2.52. The van der Waals surface area contributed by atoms with Crippen LogP contribution in [0.15, 0.2) is 43.1 Å². The Labute approximate surface area is 201 Å². The van der Waals surface area contributed by atoms with Gasteiger partial charge >= 0.3 is 12.7 Å². The van der Waals surface area contributed by atoms with E-state index in [0.29, 0.717) is 32.9 Å². The van der Waals surface area contributed by atoms with E-state index in [2.05, 4.69) is 20.1 Å². The van der Waals surface area contributed by atoms with Crippen molar-refractivity contribution in [3.8, 4) is 17.0 Å². The van der Waals surface area contributed by atoms with Crippen molar-refractivity contribution in [2.75, 3.05) is 0 Å². The van der Waals surface area contributed by atoms with Gasteiger partial charge < -0.3 is 20.1 Å². The molecule has 11 nitrogen and oxygen atoms in total. The molecule has 0 saturated carbocycles. The quantitative estimate of drug-likeness (QED) is 0.359.